The monoisotopic (exact) mass is 437 g/mol. The van der Waals surface area contributed by atoms with E-state index in [2.05, 4.69) is 9.51 Å². The Hall–Kier alpha value is -2.39. The Morgan fingerprint density at radius 3 is 2.66 bits per heavy atom. The standard InChI is InChI=1S/C13H20N5O10P/c14-5(3-8(19)20)11(23)17-29(25,26)27-4-6-9(21)10(22)12(28-6)18-2-1-7(15)16-13(18)24/h1-2,5-6,9-10,12,21-22H,3-4,14H2,(H,19,20)(H2,15,16,24)(H2,17,23,25,26)/t5-,6+,9+,10+,12+/m0/s1. The third-order valence-corrected chi connectivity index (χ3v) is 4.86. The predicted molar refractivity (Wildman–Crippen MR) is 93.0 cm³/mol. The maximum Gasteiger partial charge on any atom is 0.432 e. The largest absolute Gasteiger partial charge is 0.481 e. The molecule has 162 valence electrons. The number of aliphatic hydroxyl groups is 2. The van der Waals surface area contributed by atoms with Gasteiger partial charge in [-0.25, -0.2) is 9.36 Å². The maximum atomic E-state index is 11.9. The Kier molecular flexibility index (Phi) is 7.07. The summed E-state index contributed by atoms with van der Waals surface area (Å²) in [5.74, 6) is -2.71. The van der Waals surface area contributed by atoms with Gasteiger partial charge >= 0.3 is 19.4 Å². The van der Waals surface area contributed by atoms with Crippen molar-refractivity contribution in [3.8, 4) is 0 Å². The number of carbonyl (C=O) groups excluding carboxylic acids is 1. The molecule has 0 aromatic carbocycles. The van der Waals surface area contributed by atoms with Crippen molar-refractivity contribution in [3.63, 3.8) is 0 Å². The zero-order chi connectivity index (χ0) is 21.9. The third-order valence-electron chi connectivity index (χ3n) is 3.86. The number of rotatable bonds is 8. The molecule has 1 amide bonds. The number of nitrogens with zero attached hydrogens (tertiary/aromatic N) is 2. The van der Waals surface area contributed by atoms with Crippen LogP contribution in [0.5, 0.6) is 0 Å². The molecule has 0 bridgehead atoms. The first kappa shape index (κ1) is 22.9. The number of nitrogens with one attached hydrogen (secondary N) is 1. The SMILES string of the molecule is Nc1ccn([C@@H]2O[C@H](COP(=O)(O)NC(=O)[C@@H](N)CC(=O)O)[C@@H](O)[C@H]2O)c(=O)n1. The number of nitrogen functional groups attached to an aromatic ring is 1. The van der Waals surface area contributed by atoms with Gasteiger partial charge in [-0.2, -0.15) is 4.98 Å². The summed E-state index contributed by atoms with van der Waals surface area (Å²) in [5, 5.41) is 30.2. The summed E-state index contributed by atoms with van der Waals surface area (Å²) < 4.78 is 22.7. The number of amides is 1. The van der Waals surface area contributed by atoms with Crippen molar-refractivity contribution >= 4 is 25.4 Å². The molecule has 6 atom stereocenters. The second kappa shape index (κ2) is 8.96. The zero-order valence-electron chi connectivity index (χ0n) is 14.7. The lowest BCUT2D eigenvalue weighted by Crippen LogP contribution is -2.41. The highest BCUT2D eigenvalue weighted by Crippen LogP contribution is 2.39. The maximum absolute atomic E-state index is 11.9. The average Bonchev–Trinajstić information content (AvgIpc) is 2.87. The van der Waals surface area contributed by atoms with Crippen LogP contribution in [0.25, 0.3) is 0 Å². The minimum Gasteiger partial charge on any atom is -0.481 e. The summed E-state index contributed by atoms with van der Waals surface area (Å²) in [6, 6.07) is -0.341. The normalized spacial score (nSPS) is 27.2. The van der Waals surface area contributed by atoms with E-state index in [1.54, 1.807) is 5.09 Å². The highest BCUT2D eigenvalue weighted by Gasteiger charge is 2.45. The third kappa shape index (κ3) is 5.80. The number of hydrogen-bond acceptors (Lipinski definition) is 11. The van der Waals surface area contributed by atoms with Crippen LogP contribution in [0.1, 0.15) is 12.6 Å². The van der Waals surface area contributed by atoms with Crippen molar-refractivity contribution in [2.45, 2.75) is 37.0 Å². The fourth-order valence-corrected chi connectivity index (χ4v) is 3.28. The highest BCUT2D eigenvalue weighted by atomic mass is 31.2. The number of carboxylic acids is 1. The lowest BCUT2D eigenvalue weighted by molar-refractivity contribution is -0.139. The van der Waals surface area contributed by atoms with Gasteiger partial charge in [0.2, 0.25) is 5.91 Å². The van der Waals surface area contributed by atoms with E-state index < -0.39 is 68.9 Å². The van der Waals surface area contributed by atoms with Crippen molar-refractivity contribution < 1.29 is 43.6 Å². The first-order valence-corrected chi connectivity index (χ1v) is 9.62. The summed E-state index contributed by atoms with van der Waals surface area (Å²) in [4.78, 5) is 47.1. The molecule has 0 saturated carbocycles. The van der Waals surface area contributed by atoms with Gasteiger partial charge in [-0.05, 0) is 6.07 Å². The lowest BCUT2D eigenvalue weighted by Gasteiger charge is -2.19. The molecule has 0 spiro atoms. The molecule has 0 aliphatic carbocycles. The molecule has 1 aliphatic rings. The molecule has 29 heavy (non-hydrogen) atoms. The summed E-state index contributed by atoms with van der Waals surface area (Å²) >= 11 is 0. The second-order valence-electron chi connectivity index (χ2n) is 6.09. The van der Waals surface area contributed by atoms with Crippen molar-refractivity contribution in [1.29, 1.82) is 0 Å². The van der Waals surface area contributed by atoms with E-state index in [4.69, 9.17) is 21.3 Å². The molecule has 1 saturated heterocycles. The number of hydrogen-bond donors (Lipinski definition) is 7. The van der Waals surface area contributed by atoms with Crippen molar-refractivity contribution in [1.82, 2.24) is 14.6 Å². The molecule has 1 unspecified atom stereocenters. The van der Waals surface area contributed by atoms with Crippen molar-refractivity contribution in [3.05, 3.63) is 22.7 Å². The Bertz CT molecular complexity index is 878. The van der Waals surface area contributed by atoms with Crippen LogP contribution in [0.2, 0.25) is 0 Å². The van der Waals surface area contributed by atoms with Crippen LogP contribution in [-0.2, 0) is 23.4 Å². The molecule has 0 radical (unpaired) electrons. The Morgan fingerprint density at radius 2 is 2.07 bits per heavy atom. The van der Waals surface area contributed by atoms with Gasteiger partial charge in [0.05, 0.1) is 19.1 Å². The molecule has 9 N–H and O–H groups in total. The number of anilines is 1. The number of aromatic nitrogens is 2. The number of aliphatic hydroxyl groups excluding tert-OH is 2. The van der Waals surface area contributed by atoms with Gasteiger partial charge in [0.1, 0.15) is 24.1 Å². The van der Waals surface area contributed by atoms with Crippen LogP contribution in [0.15, 0.2) is 17.1 Å². The summed E-state index contributed by atoms with van der Waals surface area (Å²) in [6.07, 6.45) is -5.57. The first-order valence-electron chi connectivity index (χ1n) is 8.04. The molecular formula is C13H20N5O10P. The number of carboxylic acid groups (broad SMARTS) is 1. The molecular weight excluding hydrogens is 417 g/mol. The summed E-state index contributed by atoms with van der Waals surface area (Å²) in [7, 11) is -4.80. The smallest absolute Gasteiger partial charge is 0.432 e. The molecule has 1 aromatic heterocycles. The van der Waals surface area contributed by atoms with Crippen LogP contribution in [-0.4, -0.2) is 72.6 Å². The van der Waals surface area contributed by atoms with Gasteiger partial charge in [-0.15, -0.1) is 0 Å². The molecule has 1 fully saturated rings. The van der Waals surface area contributed by atoms with Gasteiger partial charge in [0.15, 0.2) is 6.23 Å². The van der Waals surface area contributed by atoms with E-state index in [0.29, 0.717) is 0 Å². The Balaban J connectivity index is 1.99. The fourth-order valence-electron chi connectivity index (χ4n) is 2.43. The van der Waals surface area contributed by atoms with E-state index in [-0.39, 0.29) is 5.82 Å². The van der Waals surface area contributed by atoms with Gasteiger partial charge in [-0.1, -0.05) is 0 Å². The Labute approximate surface area is 162 Å². The molecule has 16 heteroatoms. The van der Waals surface area contributed by atoms with Gasteiger partial charge in [0.25, 0.3) is 0 Å². The number of nitrogens with two attached hydrogens (primary N) is 2. The number of ether oxygens (including phenoxy) is 1. The predicted octanol–water partition coefficient (Wildman–Crippen LogP) is -3.52. The van der Waals surface area contributed by atoms with Crippen molar-refractivity contribution in [2.24, 2.45) is 5.73 Å². The van der Waals surface area contributed by atoms with E-state index in [9.17, 15) is 34.1 Å². The molecule has 2 heterocycles. The van der Waals surface area contributed by atoms with E-state index >= 15 is 0 Å². The fraction of sp³-hybridized carbons (Fsp3) is 0.538. The minimum atomic E-state index is -4.80. The highest BCUT2D eigenvalue weighted by molar-refractivity contribution is 7.51. The quantitative estimate of drug-likeness (QED) is 0.195. The van der Waals surface area contributed by atoms with E-state index in [1.165, 1.54) is 12.3 Å². The topological polar surface area (TPSA) is 250 Å². The van der Waals surface area contributed by atoms with Gasteiger partial charge in [-0.3, -0.25) is 23.8 Å². The molecule has 15 nitrogen and oxygen atoms in total. The number of carbonyl (C=O) groups is 2. The first-order chi connectivity index (χ1) is 13.4. The average molecular weight is 437 g/mol. The lowest BCUT2D eigenvalue weighted by atomic mass is 10.1. The van der Waals surface area contributed by atoms with Crippen LogP contribution < -0.4 is 22.2 Å². The Morgan fingerprint density at radius 1 is 1.41 bits per heavy atom. The second-order valence-corrected chi connectivity index (χ2v) is 7.61. The van der Waals surface area contributed by atoms with E-state index in [1.807, 2.05) is 0 Å². The van der Waals surface area contributed by atoms with Crippen LogP contribution >= 0.6 is 7.75 Å². The van der Waals surface area contributed by atoms with Crippen LogP contribution in [0.3, 0.4) is 0 Å². The molecule has 2 rings (SSSR count). The minimum absolute atomic E-state index is 0.0720. The zero-order valence-corrected chi connectivity index (χ0v) is 15.6. The summed E-state index contributed by atoms with van der Waals surface area (Å²) in [5.41, 5.74) is 9.77. The van der Waals surface area contributed by atoms with E-state index in [0.717, 1.165) is 4.57 Å². The molecule has 1 aliphatic heterocycles. The summed E-state index contributed by atoms with van der Waals surface area (Å²) in [6.45, 7) is -0.770. The van der Waals surface area contributed by atoms with Crippen molar-refractivity contribution in [2.75, 3.05) is 12.3 Å². The van der Waals surface area contributed by atoms with Crippen LogP contribution in [0, 0.1) is 0 Å². The van der Waals surface area contributed by atoms with Gasteiger partial charge < -0.3 is 36.4 Å². The van der Waals surface area contributed by atoms with Gasteiger partial charge in [0, 0.05) is 6.20 Å². The van der Waals surface area contributed by atoms with Crippen LogP contribution in [0.4, 0.5) is 5.82 Å². The molecule has 1 aromatic rings. The number of aliphatic carboxylic acids is 1.